The van der Waals surface area contributed by atoms with E-state index in [0.29, 0.717) is 0 Å². The summed E-state index contributed by atoms with van der Waals surface area (Å²) in [6, 6.07) is 0. The van der Waals surface area contributed by atoms with Crippen LogP contribution < -0.4 is 5.32 Å². The van der Waals surface area contributed by atoms with Gasteiger partial charge in [-0.2, -0.15) is 4.37 Å². The van der Waals surface area contributed by atoms with Crippen molar-refractivity contribution in [1.82, 2.24) is 14.3 Å². The third-order valence-corrected chi connectivity index (χ3v) is 5.44. The highest BCUT2D eigenvalue weighted by molar-refractivity contribution is 7.13. The summed E-state index contributed by atoms with van der Waals surface area (Å²) in [4.78, 5) is 9.57. The zero-order valence-electron chi connectivity index (χ0n) is 10.9. The van der Waals surface area contributed by atoms with E-state index in [2.05, 4.69) is 19.7 Å². The molecule has 2 aromatic heterocycles. The molecule has 1 N–H and O–H groups in total. The van der Waals surface area contributed by atoms with Crippen LogP contribution >= 0.6 is 23.1 Å². The van der Waals surface area contributed by atoms with Gasteiger partial charge < -0.3 is 5.32 Å². The van der Waals surface area contributed by atoms with E-state index in [1.54, 1.807) is 6.33 Å². The Balaban J connectivity index is 1.83. The maximum atomic E-state index is 6.18. The minimum atomic E-state index is 0.232. The number of aromatic nitrogens is 3. The molecule has 2 aromatic rings. The molecule has 19 heavy (non-hydrogen) atoms. The number of anilines is 1. The molecule has 0 amide bonds. The van der Waals surface area contributed by atoms with Crippen LogP contribution in [0.15, 0.2) is 6.33 Å². The van der Waals surface area contributed by atoms with Crippen LogP contribution in [0, 0.1) is 12.3 Å². The Hall–Kier alpha value is -0.940. The molecule has 0 atom stereocenters. The van der Waals surface area contributed by atoms with Gasteiger partial charge in [0.2, 0.25) is 0 Å². The van der Waals surface area contributed by atoms with E-state index in [4.69, 9.17) is 11.6 Å². The molecule has 102 valence electrons. The molecule has 3 rings (SSSR count). The number of aryl methyl sites for hydroxylation is 1. The number of alkyl halides is 1. The maximum Gasteiger partial charge on any atom is 0.149 e. The van der Waals surface area contributed by atoms with Crippen LogP contribution in [-0.2, 0) is 0 Å². The molecular formula is C13H17ClN4S. The second-order valence-electron chi connectivity index (χ2n) is 5.36. The van der Waals surface area contributed by atoms with Gasteiger partial charge in [-0.25, -0.2) is 9.97 Å². The van der Waals surface area contributed by atoms with Crippen molar-refractivity contribution >= 4 is 39.2 Å². The predicted molar refractivity (Wildman–Crippen MR) is 80.1 cm³/mol. The highest BCUT2D eigenvalue weighted by Gasteiger charge is 2.33. The van der Waals surface area contributed by atoms with Crippen molar-refractivity contribution in [2.75, 3.05) is 17.7 Å². The van der Waals surface area contributed by atoms with E-state index in [0.717, 1.165) is 34.2 Å². The molecule has 0 saturated heterocycles. The largest absolute Gasteiger partial charge is 0.369 e. The van der Waals surface area contributed by atoms with Crippen LogP contribution in [0.2, 0.25) is 0 Å². The van der Waals surface area contributed by atoms with E-state index in [1.165, 1.54) is 37.2 Å². The first kappa shape index (κ1) is 13.1. The number of hydrogen-bond donors (Lipinski definition) is 1. The quantitative estimate of drug-likeness (QED) is 0.876. The monoisotopic (exact) mass is 296 g/mol. The van der Waals surface area contributed by atoms with Crippen molar-refractivity contribution in [2.45, 2.75) is 32.6 Å². The fraction of sp³-hybridized carbons (Fsp3) is 0.615. The Morgan fingerprint density at radius 3 is 2.89 bits per heavy atom. The number of nitrogens with one attached hydrogen (secondary N) is 1. The SMILES string of the molecule is Cc1nsc2ncnc(NCC3(CCl)CCCC3)c12. The van der Waals surface area contributed by atoms with Crippen molar-refractivity contribution in [3.05, 3.63) is 12.0 Å². The van der Waals surface area contributed by atoms with Crippen LogP contribution in [-0.4, -0.2) is 26.8 Å². The molecule has 0 radical (unpaired) electrons. The van der Waals surface area contributed by atoms with Gasteiger partial charge in [0.25, 0.3) is 0 Å². The topological polar surface area (TPSA) is 50.7 Å². The van der Waals surface area contributed by atoms with E-state index in [1.807, 2.05) is 6.92 Å². The molecule has 0 aliphatic heterocycles. The lowest BCUT2D eigenvalue weighted by Gasteiger charge is -2.26. The second kappa shape index (κ2) is 5.21. The van der Waals surface area contributed by atoms with Gasteiger partial charge in [-0.1, -0.05) is 12.8 Å². The molecule has 4 nitrogen and oxygen atoms in total. The Morgan fingerprint density at radius 2 is 2.16 bits per heavy atom. The van der Waals surface area contributed by atoms with Crippen LogP contribution in [0.5, 0.6) is 0 Å². The molecule has 1 fully saturated rings. The molecule has 0 aromatic carbocycles. The molecule has 1 aliphatic carbocycles. The Kier molecular flexibility index (Phi) is 3.58. The molecule has 0 bridgehead atoms. The third-order valence-electron chi connectivity index (χ3n) is 4.02. The van der Waals surface area contributed by atoms with Crippen molar-refractivity contribution in [3.8, 4) is 0 Å². The van der Waals surface area contributed by atoms with Gasteiger partial charge in [0.05, 0.1) is 11.1 Å². The van der Waals surface area contributed by atoms with Crippen LogP contribution in [0.25, 0.3) is 10.2 Å². The third kappa shape index (κ3) is 2.41. The molecule has 6 heteroatoms. The molecule has 0 unspecified atom stereocenters. The standard InChI is InChI=1S/C13H17ClN4S/c1-9-10-11(16-8-17-12(10)19-18-9)15-7-13(6-14)4-2-3-5-13/h8H,2-7H2,1H3,(H,15,16,17). The minimum Gasteiger partial charge on any atom is -0.369 e. The van der Waals surface area contributed by atoms with Crippen LogP contribution in [0.3, 0.4) is 0 Å². The fourth-order valence-electron chi connectivity index (χ4n) is 2.81. The predicted octanol–water partition coefficient (Wildman–Crippen LogP) is 3.61. The maximum absolute atomic E-state index is 6.18. The van der Waals surface area contributed by atoms with Gasteiger partial charge in [0, 0.05) is 17.8 Å². The normalized spacial score (nSPS) is 18.0. The van der Waals surface area contributed by atoms with E-state index >= 15 is 0 Å². The van der Waals surface area contributed by atoms with Gasteiger partial charge in [-0.05, 0) is 31.3 Å². The second-order valence-corrected chi connectivity index (χ2v) is 6.38. The van der Waals surface area contributed by atoms with Crippen molar-refractivity contribution < 1.29 is 0 Å². The number of fused-ring (bicyclic) bond motifs is 1. The zero-order chi connectivity index (χ0) is 13.3. The van der Waals surface area contributed by atoms with Gasteiger partial charge in [-0.15, -0.1) is 11.6 Å². The molecule has 1 aliphatic rings. The van der Waals surface area contributed by atoms with Gasteiger partial charge in [-0.3, -0.25) is 0 Å². The first-order valence-corrected chi connectivity index (χ1v) is 7.92. The lowest BCUT2D eigenvalue weighted by atomic mass is 9.88. The number of hydrogen-bond acceptors (Lipinski definition) is 5. The Morgan fingerprint density at radius 1 is 1.37 bits per heavy atom. The first-order chi connectivity index (χ1) is 9.24. The van der Waals surface area contributed by atoms with E-state index in [-0.39, 0.29) is 5.41 Å². The average molecular weight is 297 g/mol. The van der Waals surface area contributed by atoms with E-state index < -0.39 is 0 Å². The van der Waals surface area contributed by atoms with Crippen molar-refractivity contribution in [1.29, 1.82) is 0 Å². The summed E-state index contributed by atoms with van der Waals surface area (Å²) >= 11 is 7.60. The highest BCUT2D eigenvalue weighted by Crippen LogP contribution is 2.39. The molecular weight excluding hydrogens is 280 g/mol. The number of nitrogens with zero attached hydrogens (tertiary/aromatic N) is 3. The molecule has 2 heterocycles. The summed E-state index contributed by atoms with van der Waals surface area (Å²) in [6.45, 7) is 2.89. The van der Waals surface area contributed by atoms with Crippen LogP contribution in [0.1, 0.15) is 31.4 Å². The zero-order valence-corrected chi connectivity index (χ0v) is 12.5. The Labute approximate surface area is 121 Å². The van der Waals surface area contributed by atoms with Crippen molar-refractivity contribution in [3.63, 3.8) is 0 Å². The Bertz CT molecular complexity index is 577. The molecule has 0 spiro atoms. The summed E-state index contributed by atoms with van der Waals surface area (Å²) < 4.78 is 4.35. The summed E-state index contributed by atoms with van der Waals surface area (Å²) in [6.07, 6.45) is 6.58. The minimum absolute atomic E-state index is 0.232. The lowest BCUT2D eigenvalue weighted by molar-refractivity contribution is 0.368. The van der Waals surface area contributed by atoms with Crippen molar-refractivity contribution in [2.24, 2.45) is 5.41 Å². The fourth-order valence-corrected chi connectivity index (χ4v) is 3.92. The summed E-state index contributed by atoms with van der Waals surface area (Å²) in [5.41, 5.74) is 1.23. The summed E-state index contributed by atoms with van der Waals surface area (Å²) in [5, 5.41) is 4.53. The van der Waals surface area contributed by atoms with Crippen LogP contribution in [0.4, 0.5) is 5.82 Å². The number of rotatable bonds is 4. The van der Waals surface area contributed by atoms with Gasteiger partial charge in [0.1, 0.15) is 17.0 Å². The highest BCUT2D eigenvalue weighted by atomic mass is 35.5. The first-order valence-electron chi connectivity index (χ1n) is 6.61. The van der Waals surface area contributed by atoms with E-state index in [9.17, 15) is 0 Å². The molecule has 1 saturated carbocycles. The number of halogens is 1. The smallest absolute Gasteiger partial charge is 0.149 e. The lowest BCUT2D eigenvalue weighted by Crippen LogP contribution is -2.28. The average Bonchev–Trinajstić information content (AvgIpc) is 3.05. The summed E-state index contributed by atoms with van der Waals surface area (Å²) in [5.74, 6) is 1.61. The van der Waals surface area contributed by atoms with Gasteiger partial charge in [0.15, 0.2) is 0 Å². The summed E-state index contributed by atoms with van der Waals surface area (Å²) in [7, 11) is 0. The van der Waals surface area contributed by atoms with Gasteiger partial charge >= 0.3 is 0 Å².